The number of amides is 2. The second-order valence-electron chi connectivity index (χ2n) is 9.31. The third kappa shape index (κ3) is 8.58. The van der Waals surface area contributed by atoms with E-state index in [-0.39, 0.29) is 31.3 Å². The molecule has 10 heteroatoms. The van der Waals surface area contributed by atoms with Gasteiger partial charge < -0.3 is 25.3 Å². The van der Waals surface area contributed by atoms with Crippen LogP contribution in [0.15, 0.2) is 60.0 Å². The zero-order valence-corrected chi connectivity index (χ0v) is 23.0. The molecule has 2 atom stereocenters. The number of piperazine rings is 1. The molecule has 3 aromatic rings. The number of nitrogens with one attached hydrogen (secondary N) is 1. The maximum atomic E-state index is 14.0. The monoisotopic (exact) mass is 559 g/mol. The summed E-state index contributed by atoms with van der Waals surface area (Å²) in [7, 11) is 0. The molecule has 1 saturated heterocycles. The van der Waals surface area contributed by atoms with E-state index in [0.29, 0.717) is 25.2 Å². The van der Waals surface area contributed by atoms with Gasteiger partial charge in [-0.2, -0.15) is 0 Å². The first-order valence-corrected chi connectivity index (χ1v) is 13.8. The summed E-state index contributed by atoms with van der Waals surface area (Å²) >= 11 is 1.40. The molecular weight excluding hydrogens is 524 g/mol. The minimum Gasteiger partial charge on any atom is -0.380 e. The minimum absolute atomic E-state index is 0.117. The molecule has 0 aliphatic carbocycles. The van der Waals surface area contributed by atoms with Crippen LogP contribution >= 0.6 is 11.3 Å². The fraction of sp³-hybridized carbons (Fsp3) is 0.379. The summed E-state index contributed by atoms with van der Waals surface area (Å²) in [6.45, 7) is 5.53. The molecule has 3 N–H and O–H groups in total. The number of anilines is 1. The van der Waals surface area contributed by atoms with Crippen molar-refractivity contribution in [3.8, 4) is 0 Å². The molecule has 2 aromatic carbocycles. The second-order valence-corrected chi connectivity index (χ2v) is 10.3. The summed E-state index contributed by atoms with van der Waals surface area (Å²) in [5.41, 5.74) is 2.23. The van der Waals surface area contributed by atoms with Crippen molar-refractivity contribution in [1.82, 2.24) is 10.2 Å². The second kappa shape index (κ2) is 14.7. The highest BCUT2D eigenvalue weighted by atomic mass is 32.1. The van der Waals surface area contributed by atoms with E-state index >= 15 is 0 Å². The van der Waals surface area contributed by atoms with Gasteiger partial charge in [-0.15, -0.1) is 11.3 Å². The number of benzene rings is 2. The highest BCUT2D eigenvalue weighted by Crippen LogP contribution is 2.21. The molecule has 1 fully saturated rings. The molecule has 2 heterocycles. The molecule has 7 nitrogen and oxygen atoms in total. The van der Waals surface area contributed by atoms with E-state index < -0.39 is 24.0 Å². The van der Waals surface area contributed by atoms with Crippen molar-refractivity contribution < 1.29 is 28.6 Å². The van der Waals surface area contributed by atoms with E-state index in [4.69, 9.17) is 0 Å². The molecule has 39 heavy (non-hydrogen) atoms. The van der Waals surface area contributed by atoms with Crippen LogP contribution in [0.4, 0.5) is 14.5 Å². The van der Waals surface area contributed by atoms with E-state index in [1.54, 1.807) is 29.2 Å². The molecule has 1 aliphatic rings. The van der Waals surface area contributed by atoms with Crippen LogP contribution in [0, 0.1) is 11.6 Å². The first-order valence-electron chi connectivity index (χ1n) is 13.0. The number of para-hydroxylation sites is 1. The maximum Gasteiger partial charge on any atom is 0.254 e. The Hall–Kier alpha value is -3.34. The molecule has 0 saturated carbocycles. The standard InChI is InChI=1S/C26H27F2N3O4S.C3H8/c27-19-5-3-4-17(13-19)12-18-14-20(36-16-18)15-29-25(34)23(32)24(33)26(35)31-10-8-30(9-11-31)22-7-2-1-6-21(22)28;1-3-2/h1-7,13-14,16,23-24,32-33H,8-12,15H2,(H,29,34);3H2,1-2H3. The van der Waals surface area contributed by atoms with E-state index in [0.717, 1.165) is 16.0 Å². The normalized spacial score (nSPS) is 14.7. The van der Waals surface area contributed by atoms with E-state index in [9.17, 15) is 28.6 Å². The lowest BCUT2D eigenvalue weighted by Crippen LogP contribution is -2.55. The molecule has 2 amide bonds. The molecule has 2 unspecified atom stereocenters. The number of nitrogens with zero attached hydrogens (tertiary/aromatic N) is 2. The van der Waals surface area contributed by atoms with Crippen molar-refractivity contribution in [3.63, 3.8) is 0 Å². The van der Waals surface area contributed by atoms with E-state index in [1.165, 1.54) is 40.9 Å². The zero-order chi connectivity index (χ0) is 28.4. The van der Waals surface area contributed by atoms with Gasteiger partial charge in [0.2, 0.25) is 0 Å². The summed E-state index contributed by atoms with van der Waals surface area (Å²) in [6.07, 6.45) is -2.03. The summed E-state index contributed by atoms with van der Waals surface area (Å²) in [5, 5.41) is 25.0. The van der Waals surface area contributed by atoms with Crippen molar-refractivity contribution in [2.75, 3.05) is 31.1 Å². The molecule has 0 spiro atoms. The number of hydrogen-bond acceptors (Lipinski definition) is 6. The SMILES string of the molecule is CCC.O=C(NCc1cc(Cc2cccc(F)c2)cs1)C(O)C(O)C(=O)N1CCN(c2ccccc2F)CC1. The number of carbonyl (C=O) groups excluding carboxylic acids is 2. The lowest BCUT2D eigenvalue weighted by atomic mass is 10.1. The quantitative estimate of drug-likeness (QED) is 0.391. The lowest BCUT2D eigenvalue weighted by Gasteiger charge is -2.37. The van der Waals surface area contributed by atoms with Gasteiger partial charge in [-0.05, 0) is 53.3 Å². The fourth-order valence-electron chi connectivity index (χ4n) is 4.11. The number of hydrogen-bond donors (Lipinski definition) is 3. The Morgan fingerprint density at radius 2 is 1.64 bits per heavy atom. The minimum atomic E-state index is -1.92. The van der Waals surface area contributed by atoms with Crippen molar-refractivity contribution in [3.05, 3.63) is 87.6 Å². The Morgan fingerprint density at radius 3 is 2.31 bits per heavy atom. The molecule has 210 valence electrons. The van der Waals surface area contributed by atoms with Gasteiger partial charge in [0.1, 0.15) is 11.6 Å². The smallest absolute Gasteiger partial charge is 0.254 e. The molecule has 1 aliphatic heterocycles. The first-order chi connectivity index (χ1) is 18.7. The van der Waals surface area contributed by atoms with Crippen LogP contribution in [0.2, 0.25) is 0 Å². The molecule has 1 aromatic heterocycles. The summed E-state index contributed by atoms with van der Waals surface area (Å²) in [5.74, 6) is -2.26. The van der Waals surface area contributed by atoms with E-state index in [2.05, 4.69) is 19.2 Å². The molecule has 4 rings (SSSR count). The van der Waals surface area contributed by atoms with Gasteiger partial charge in [0.25, 0.3) is 11.8 Å². The fourth-order valence-corrected chi connectivity index (χ4v) is 4.94. The Morgan fingerprint density at radius 1 is 0.949 bits per heavy atom. The Balaban J connectivity index is 0.00000134. The van der Waals surface area contributed by atoms with Crippen molar-refractivity contribution in [2.45, 2.75) is 45.4 Å². The maximum absolute atomic E-state index is 14.0. The molecular formula is C29H35F2N3O4S. The Labute approximate surface area is 231 Å². The summed E-state index contributed by atoms with van der Waals surface area (Å²) in [6, 6.07) is 14.6. The Kier molecular flexibility index (Phi) is 11.4. The van der Waals surface area contributed by atoms with Gasteiger partial charge in [-0.1, -0.05) is 44.5 Å². The van der Waals surface area contributed by atoms with Gasteiger partial charge >= 0.3 is 0 Å². The van der Waals surface area contributed by atoms with Crippen LogP contribution in [0.1, 0.15) is 36.3 Å². The number of aliphatic hydroxyl groups is 2. The van der Waals surface area contributed by atoms with Crippen LogP contribution in [0.25, 0.3) is 0 Å². The average molecular weight is 560 g/mol. The van der Waals surface area contributed by atoms with Crippen LogP contribution in [-0.4, -0.2) is 65.3 Å². The van der Waals surface area contributed by atoms with Crippen LogP contribution < -0.4 is 10.2 Å². The molecule has 0 radical (unpaired) electrons. The number of rotatable bonds is 8. The number of aliphatic hydroxyl groups excluding tert-OH is 2. The van der Waals surface area contributed by atoms with Crippen LogP contribution in [-0.2, 0) is 22.6 Å². The van der Waals surface area contributed by atoms with Gasteiger partial charge in [0.05, 0.1) is 12.2 Å². The van der Waals surface area contributed by atoms with E-state index in [1.807, 2.05) is 17.5 Å². The third-order valence-electron chi connectivity index (χ3n) is 6.05. The third-order valence-corrected chi connectivity index (χ3v) is 7.03. The van der Waals surface area contributed by atoms with Gasteiger partial charge in [0, 0.05) is 31.1 Å². The highest BCUT2D eigenvalue weighted by Gasteiger charge is 2.34. The lowest BCUT2D eigenvalue weighted by molar-refractivity contribution is -0.153. The summed E-state index contributed by atoms with van der Waals surface area (Å²) in [4.78, 5) is 29.0. The van der Waals surface area contributed by atoms with Crippen LogP contribution in [0.3, 0.4) is 0 Å². The first kappa shape index (κ1) is 30.2. The predicted molar refractivity (Wildman–Crippen MR) is 149 cm³/mol. The Bertz CT molecular complexity index is 1230. The van der Waals surface area contributed by atoms with Crippen molar-refractivity contribution in [2.24, 2.45) is 0 Å². The number of halogens is 2. The van der Waals surface area contributed by atoms with Gasteiger partial charge in [-0.3, -0.25) is 9.59 Å². The zero-order valence-electron chi connectivity index (χ0n) is 22.1. The summed E-state index contributed by atoms with van der Waals surface area (Å²) < 4.78 is 27.4. The van der Waals surface area contributed by atoms with Crippen molar-refractivity contribution >= 4 is 28.8 Å². The number of carbonyl (C=O) groups is 2. The van der Waals surface area contributed by atoms with Crippen molar-refractivity contribution in [1.29, 1.82) is 0 Å². The molecule has 0 bridgehead atoms. The largest absolute Gasteiger partial charge is 0.380 e. The van der Waals surface area contributed by atoms with Gasteiger partial charge in [-0.25, -0.2) is 8.78 Å². The predicted octanol–water partition coefficient (Wildman–Crippen LogP) is 3.72. The highest BCUT2D eigenvalue weighted by molar-refractivity contribution is 7.10. The van der Waals surface area contributed by atoms with Gasteiger partial charge in [0.15, 0.2) is 12.2 Å². The number of thiophene rings is 1. The average Bonchev–Trinajstić information content (AvgIpc) is 3.38. The van der Waals surface area contributed by atoms with Crippen LogP contribution in [0.5, 0.6) is 0 Å². The topological polar surface area (TPSA) is 93.1 Å².